The smallest absolute Gasteiger partial charge is 0.261 e. The molecule has 2 aliphatic rings. The van der Waals surface area contributed by atoms with Crippen molar-refractivity contribution in [2.45, 2.75) is 44.9 Å². The lowest BCUT2D eigenvalue weighted by atomic mass is 10.1. The number of hydrogen-bond donors (Lipinski definition) is 1. The summed E-state index contributed by atoms with van der Waals surface area (Å²) >= 11 is 0. The summed E-state index contributed by atoms with van der Waals surface area (Å²) in [5.74, 6) is 0.785. The van der Waals surface area contributed by atoms with Crippen LogP contribution in [0.3, 0.4) is 0 Å². The minimum absolute atomic E-state index is 0.0430. The average Bonchev–Trinajstić information content (AvgIpc) is 3.12. The minimum Gasteiger partial charge on any atom is -0.480 e. The molecule has 2 aromatic carbocycles. The molecular weight excluding hydrogens is 324 g/mol. The summed E-state index contributed by atoms with van der Waals surface area (Å²) in [7, 11) is 0. The van der Waals surface area contributed by atoms with Gasteiger partial charge in [-0.1, -0.05) is 48.9 Å². The lowest BCUT2D eigenvalue weighted by molar-refractivity contribution is -0.127. The fourth-order valence-corrected chi connectivity index (χ4v) is 3.77. The Balaban J connectivity index is 1.26. The van der Waals surface area contributed by atoms with Crippen molar-refractivity contribution in [1.29, 1.82) is 0 Å². The van der Waals surface area contributed by atoms with Crippen LogP contribution >= 0.6 is 0 Å². The first-order chi connectivity index (χ1) is 12.8. The van der Waals surface area contributed by atoms with Crippen molar-refractivity contribution in [3.63, 3.8) is 0 Å². The molecule has 2 aliphatic heterocycles. The molecule has 4 nitrogen and oxygen atoms in total. The summed E-state index contributed by atoms with van der Waals surface area (Å²) in [4.78, 5) is 14.9. The van der Waals surface area contributed by atoms with Gasteiger partial charge in [0.15, 0.2) is 6.10 Å². The molecule has 0 aromatic heterocycles. The van der Waals surface area contributed by atoms with E-state index in [1.807, 2.05) is 24.3 Å². The number of hydrogen-bond acceptors (Lipinski definition) is 3. The highest BCUT2D eigenvalue weighted by Crippen LogP contribution is 2.28. The van der Waals surface area contributed by atoms with Gasteiger partial charge in [0.1, 0.15) is 5.75 Å². The Bertz CT molecular complexity index is 726. The number of rotatable bonds is 5. The number of para-hydroxylation sites is 1. The molecule has 1 saturated heterocycles. The van der Waals surface area contributed by atoms with Gasteiger partial charge in [0.05, 0.1) is 0 Å². The van der Waals surface area contributed by atoms with E-state index in [0.717, 1.165) is 23.4 Å². The van der Waals surface area contributed by atoms with Gasteiger partial charge in [-0.25, -0.2) is 0 Å². The third-order valence-corrected chi connectivity index (χ3v) is 5.28. The van der Waals surface area contributed by atoms with Gasteiger partial charge in [0, 0.05) is 19.5 Å². The number of nitrogens with one attached hydrogen (secondary N) is 1. The van der Waals surface area contributed by atoms with E-state index in [4.69, 9.17) is 4.74 Å². The molecule has 1 unspecified atom stereocenters. The number of carbonyl (C=O) groups is 1. The van der Waals surface area contributed by atoms with E-state index in [9.17, 15) is 4.79 Å². The summed E-state index contributed by atoms with van der Waals surface area (Å²) in [5, 5.41) is 3.00. The summed E-state index contributed by atoms with van der Waals surface area (Å²) in [5.41, 5.74) is 3.57. The standard InChI is InChI=1S/C22H26N2O2/c25-22(21-14-19-6-2-3-7-20(19)26-21)23-15-17-8-10-18(11-9-17)16-24-12-4-1-5-13-24/h2-3,6-11,21H,1,4-5,12-16H2,(H,23,25). The molecule has 4 heteroatoms. The summed E-state index contributed by atoms with van der Waals surface area (Å²) < 4.78 is 5.74. The van der Waals surface area contributed by atoms with Crippen molar-refractivity contribution in [1.82, 2.24) is 10.2 Å². The molecule has 0 radical (unpaired) electrons. The van der Waals surface area contributed by atoms with E-state index in [0.29, 0.717) is 13.0 Å². The molecule has 1 amide bonds. The predicted molar refractivity (Wildman–Crippen MR) is 102 cm³/mol. The maximum atomic E-state index is 12.4. The normalized spacial score (nSPS) is 19.6. The molecule has 2 aromatic rings. The van der Waals surface area contributed by atoms with Crippen LogP contribution < -0.4 is 10.1 Å². The van der Waals surface area contributed by atoms with E-state index in [-0.39, 0.29) is 5.91 Å². The van der Waals surface area contributed by atoms with Crippen LogP contribution in [0.4, 0.5) is 0 Å². The Labute approximate surface area is 155 Å². The monoisotopic (exact) mass is 350 g/mol. The van der Waals surface area contributed by atoms with E-state index in [1.54, 1.807) is 0 Å². The molecule has 26 heavy (non-hydrogen) atoms. The van der Waals surface area contributed by atoms with Gasteiger partial charge in [0.2, 0.25) is 0 Å². The van der Waals surface area contributed by atoms with E-state index in [1.165, 1.54) is 37.9 Å². The SMILES string of the molecule is O=C(NCc1ccc(CN2CCCCC2)cc1)C1Cc2ccccc2O1. The number of nitrogens with zero attached hydrogens (tertiary/aromatic N) is 1. The Hall–Kier alpha value is -2.33. The molecule has 4 rings (SSSR count). The highest BCUT2D eigenvalue weighted by molar-refractivity contribution is 5.82. The molecule has 0 saturated carbocycles. The second kappa shape index (κ2) is 7.92. The van der Waals surface area contributed by atoms with Crippen LogP contribution in [0.1, 0.15) is 36.0 Å². The van der Waals surface area contributed by atoms with Crippen molar-refractivity contribution >= 4 is 5.91 Å². The van der Waals surface area contributed by atoms with Gasteiger partial charge in [-0.3, -0.25) is 9.69 Å². The first-order valence-electron chi connectivity index (χ1n) is 9.60. The summed E-state index contributed by atoms with van der Waals surface area (Å²) in [6.07, 6.45) is 4.24. The summed E-state index contributed by atoms with van der Waals surface area (Å²) in [6.45, 7) is 3.99. The third-order valence-electron chi connectivity index (χ3n) is 5.28. The van der Waals surface area contributed by atoms with Gasteiger partial charge >= 0.3 is 0 Å². The molecule has 0 bridgehead atoms. The molecular formula is C22H26N2O2. The van der Waals surface area contributed by atoms with Gasteiger partial charge in [-0.05, 0) is 48.7 Å². The number of benzene rings is 2. The quantitative estimate of drug-likeness (QED) is 0.900. The fourth-order valence-electron chi connectivity index (χ4n) is 3.77. The zero-order valence-corrected chi connectivity index (χ0v) is 15.1. The first kappa shape index (κ1) is 17.1. The van der Waals surface area contributed by atoms with Crippen molar-refractivity contribution in [2.24, 2.45) is 0 Å². The van der Waals surface area contributed by atoms with Crippen molar-refractivity contribution < 1.29 is 9.53 Å². The Morgan fingerprint density at radius 3 is 2.50 bits per heavy atom. The van der Waals surface area contributed by atoms with Gasteiger partial charge < -0.3 is 10.1 Å². The molecule has 1 N–H and O–H groups in total. The molecule has 136 valence electrons. The van der Waals surface area contributed by atoms with Gasteiger partial charge in [-0.15, -0.1) is 0 Å². The second-order valence-corrected chi connectivity index (χ2v) is 7.29. The molecule has 1 atom stereocenters. The van der Waals surface area contributed by atoms with Crippen molar-refractivity contribution in [2.75, 3.05) is 13.1 Å². The van der Waals surface area contributed by atoms with Crippen LogP contribution in [0.2, 0.25) is 0 Å². The fraction of sp³-hybridized carbons (Fsp3) is 0.409. The van der Waals surface area contributed by atoms with E-state index >= 15 is 0 Å². The number of carbonyl (C=O) groups excluding carboxylic acids is 1. The largest absolute Gasteiger partial charge is 0.480 e. The highest BCUT2D eigenvalue weighted by Gasteiger charge is 2.28. The van der Waals surface area contributed by atoms with E-state index in [2.05, 4.69) is 34.5 Å². The topological polar surface area (TPSA) is 41.6 Å². The lowest BCUT2D eigenvalue weighted by Crippen LogP contribution is -2.37. The van der Waals surface area contributed by atoms with Crippen LogP contribution in [-0.2, 0) is 24.3 Å². The second-order valence-electron chi connectivity index (χ2n) is 7.29. The van der Waals surface area contributed by atoms with Crippen molar-refractivity contribution in [3.8, 4) is 5.75 Å². The van der Waals surface area contributed by atoms with Crippen LogP contribution in [0, 0.1) is 0 Å². The van der Waals surface area contributed by atoms with Crippen LogP contribution in [0.15, 0.2) is 48.5 Å². The predicted octanol–water partition coefficient (Wildman–Crippen LogP) is 3.29. The number of amides is 1. The summed E-state index contributed by atoms with van der Waals surface area (Å²) in [6, 6.07) is 16.4. The average molecular weight is 350 g/mol. The van der Waals surface area contributed by atoms with Gasteiger partial charge in [0.25, 0.3) is 5.91 Å². The third kappa shape index (κ3) is 4.07. The molecule has 2 heterocycles. The zero-order valence-electron chi connectivity index (χ0n) is 15.1. The first-order valence-corrected chi connectivity index (χ1v) is 9.60. The van der Waals surface area contributed by atoms with Gasteiger partial charge in [-0.2, -0.15) is 0 Å². The Morgan fingerprint density at radius 2 is 1.73 bits per heavy atom. The highest BCUT2D eigenvalue weighted by atomic mass is 16.5. The van der Waals surface area contributed by atoms with Crippen LogP contribution in [0.25, 0.3) is 0 Å². The maximum absolute atomic E-state index is 12.4. The molecule has 0 spiro atoms. The number of fused-ring (bicyclic) bond motifs is 1. The Kier molecular flexibility index (Phi) is 5.21. The van der Waals surface area contributed by atoms with Crippen molar-refractivity contribution in [3.05, 3.63) is 65.2 Å². The van der Waals surface area contributed by atoms with Crippen LogP contribution in [-0.4, -0.2) is 30.0 Å². The van der Waals surface area contributed by atoms with E-state index < -0.39 is 6.10 Å². The molecule has 0 aliphatic carbocycles. The number of ether oxygens (including phenoxy) is 1. The number of piperidine rings is 1. The zero-order chi connectivity index (χ0) is 17.8. The maximum Gasteiger partial charge on any atom is 0.261 e. The minimum atomic E-state index is -0.411. The lowest BCUT2D eigenvalue weighted by Gasteiger charge is -2.26. The van der Waals surface area contributed by atoms with Crippen LogP contribution in [0.5, 0.6) is 5.75 Å². The Morgan fingerprint density at radius 1 is 1.00 bits per heavy atom. The molecule has 1 fully saturated rings. The number of likely N-dealkylation sites (tertiary alicyclic amines) is 1.